The first kappa shape index (κ1) is 20.4. The number of rotatable bonds is 6. The van der Waals surface area contributed by atoms with Crippen molar-refractivity contribution in [2.75, 3.05) is 19.7 Å². The van der Waals surface area contributed by atoms with Gasteiger partial charge in [0.15, 0.2) is 0 Å². The number of carboxylic acid groups (broad SMARTS) is 1. The van der Waals surface area contributed by atoms with Crippen molar-refractivity contribution in [3.8, 4) is 5.75 Å². The maximum atomic E-state index is 11.6. The third kappa shape index (κ3) is 4.73. The number of carbonyl (C=O) groups is 1. The molecule has 0 aliphatic carbocycles. The lowest BCUT2D eigenvalue weighted by molar-refractivity contribution is -0.143. The predicted molar refractivity (Wildman–Crippen MR) is 113 cm³/mol. The van der Waals surface area contributed by atoms with Crippen LogP contribution in [0.3, 0.4) is 0 Å². The van der Waals surface area contributed by atoms with Gasteiger partial charge in [0.25, 0.3) is 0 Å². The van der Waals surface area contributed by atoms with E-state index >= 15 is 0 Å². The summed E-state index contributed by atoms with van der Waals surface area (Å²) >= 11 is 7.28. The zero-order valence-electron chi connectivity index (χ0n) is 15.2. The molecule has 0 bridgehead atoms. The Kier molecular flexibility index (Phi) is 6.95. The first-order chi connectivity index (χ1) is 13.0. The standard InChI is InChI=1S/C21H23Br2NO3/c1-2-27-19-10-9-15(22)12-17(19)20(16-7-3-4-8-18(16)23)24-11-5-6-14(13-24)21(25)26/h3-4,7-10,12,14,20H,2,5-6,11,13H2,1H3,(H,25,26). The van der Waals surface area contributed by atoms with E-state index in [4.69, 9.17) is 4.74 Å². The lowest BCUT2D eigenvalue weighted by atomic mass is 9.91. The molecule has 2 atom stereocenters. The average molecular weight is 497 g/mol. The molecule has 0 amide bonds. The maximum absolute atomic E-state index is 11.6. The number of piperidine rings is 1. The van der Waals surface area contributed by atoms with Crippen LogP contribution in [0.1, 0.15) is 36.9 Å². The van der Waals surface area contributed by atoms with E-state index in [9.17, 15) is 9.90 Å². The Balaban J connectivity index is 2.10. The van der Waals surface area contributed by atoms with Gasteiger partial charge >= 0.3 is 5.97 Å². The number of nitrogens with zero attached hydrogens (tertiary/aromatic N) is 1. The number of ether oxygens (including phenoxy) is 1. The molecule has 0 saturated carbocycles. The highest BCUT2D eigenvalue weighted by Gasteiger charge is 2.33. The Hall–Kier alpha value is -1.37. The molecular formula is C21H23Br2NO3. The molecule has 4 nitrogen and oxygen atoms in total. The average Bonchev–Trinajstić information content (AvgIpc) is 2.66. The zero-order valence-corrected chi connectivity index (χ0v) is 18.4. The fourth-order valence-corrected chi connectivity index (χ4v) is 4.60. The third-order valence-corrected chi connectivity index (χ3v) is 6.15. The van der Waals surface area contributed by atoms with Crippen molar-refractivity contribution in [1.29, 1.82) is 0 Å². The first-order valence-corrected chi connectivity index (χ1v) is 10.7. The van der Waals surface area contributed by atoms with Crippen LogP contribution in [-0.2, 0) is 4.79 Å². The van der Waals surface area contributed by atoms with Gasteiger partial charge < -0.3 is 9.84 Å². The first-order valence-electron chi connectivity index (χ1n) is 9.14. The second kappa shape index (κ2) is 9.22. The van der Waals surface area contributed by atoms with Gasteiger partial charge in [0.05, 0.1) is 18.6 Å². The van der Waals surface area contributed by atoms with Crippen molar-refractivity contribution < 1.29 is 14.6 Å². The molecule has 0 radical (unpaired) electrons. The lowest BCUT2D eigenvalue weighted by Gasteiger charge is -2.38. The van der Waals surface area contributed by atoms with Crippen molar-refractivity contribution in [2.24, 2.45) is 5.92 Å². The highest BCUT2D eigenvalue weighted by molar-refractivity contribution is 9.10. The Morgan fingerprint density at radius 2 is 2.04 bits per heavy atom. The van der Waals surface area contributed by atoms with Gasteiger partial charge in [-0.15, -0.1) is 0 Å². The van der Waals surface area contributed by atoms with E-state index < -0.39 is 5.97 Å². The maximum Gasteiger partial charge on any atom is 0.307 e. The molecule has 0 aromatic heterocycles. The van der Waals surface area contributed by atoms with Crippen molar-refractivity contribution in [2.45, 2.75) is 25.8 Å². The Morgan fingerprint density at radius 3 is 2.74 bits per heavy atom. The smallest absolute Gasteiger partial charge is 0.307 e. The van der Waals surface area contributed by atoms with Gasteiger partial charge in [-0.2, -0.15) is 0 Å². The summed E-state index contributed by atoms with van der Waals surface area (Å²) in [6.45, 7) is 3.93. The van der Waals surface area contributed by atoms with E-state index in [0.717, 1.165) is 45.2 Å². The van der Waals surface area contributed by atoms with Gasteiger partial charge in [0, 0.05) is 21.1 Å². The summed E-state index contributed by atoms with van der Waals surface area (Å²) in [5.74, 6) is -0.227. The summed E-state index contributed by atoms with van der Waals surface area (Å²) in [5.41, 5.74) is 2.16. The molecule has 1 aliphatic rings. The highest BCUT2D eigenvalue weighted by atomic mass is 79.9. The van der Waals surface area contributed by atoms with Crippen LogP contribution in [0.25, 0.3) is 0 Å². The molecule has 144 valence electrons. The molecule has 1 saturated heterocycles. The van der Waals surface area contributed by atoms with E-state index in [-0.39, 0.29) is 12.0 Å². The van der Waals surface area contributed by atoms with Gasteiger partial charge in [0.1, 0.15) is 5.75 Å². The zero-order chi connectivity index (χ0) is 19.4. The Bertz CT molecular complexity index is 812. The molecule has 2 unspecified atom stereocenters. The number of hydrogen-bond donors (Lipinski definition) is 1. The van der Waals surface area contributed by atoms with E-state index in [0.29, 0.717) is 13.2 Å². The number of likely N-dealkylation sites (tertiary alicyclic amines) is 1. The van der Waals surface area contributed by atoms with Crippen LogP contribution in [0, 0.1) is 5.92 Å². The van der Waals surface area contributed by atoms with Gasteiger partial charge in [0.2, 0.25) is 0 Å². The van der Waals surface area contributed by atoms with E-state index in [1.165, 1.54) is 0 Å². The van der Waals surface area contributed by atoms with Crippen LogP contribution in [0.2, 0.25) is 0 Å². The summed E-state index contributed by atoms with van der Waals surface area (Å²) in [6.07, 6.45) is 1.60. The molecule has 1 fully saturated rings. The van der Waals surface area contributed by atoms with Crippen LogP contribution in [0.15, 0.2) is 51.4 Å². The SMILES string of the molecule is CCOc1ccc(Br)cc1C(c1ccccc1Br)N1CCCC(C(=O)O)C1. The molecule has 2 aromatic rings. The molecule has 3 rings (SSSR count). The van der Waals surface area contributed by atoms with Crippen LogP contribution < -0.4 is 4.74 Å². The minimum atomic E-state index is -0.718. The molecule has 6 heteroatoms. The van der Waals surface area contributed by atoms with Gasteiger partial charge in [-0.3, -0.25) is 9.69 Å². The van der Waals surface area contributed by atoms with Gasteiger partial charge in [-0.25, -0.2) is 0 Å². The lowest BCUT2D eigenvalue weighted by Crippen LogP contribution is -2.41. The summed E-state index contributed by atoms with van der Waals surface area (Å²) in [5, 5.41) is 9.55. The van der Waals surface area contributed by atoms with Crippen molar-refractivity contribution in [3.05, 3.63) is 62.5 Å². The summed E-state index contributed by atoms with van der Waals surface area (Å²) in [4.78, 5) is 13.9. The summed E-state index contributed by atoms with van der Waals surface area (Å²) in [6, 6.07) is 14.1. The topological polar surface area (TPSA) is 49.8 Å². The Morgan fingerprint density at radius 1 is 1.26 bits per heavy atom. The van der Waals surface area contributed by atoms with Crippen LogP contribution in [0.4, 0.5) is 0 Å². The minimum absolute atomic E-state index is 0.0817. The fourth-order valence-electron chi connectivity index (χ4n) is 3.72. The number of halogens is 2. The molecule has 1 N–H and O–H groups in total. The monoisotopic (exact) mass is 495 g/mol. The second-order valence-electron chi connectivity index (χ2n) is 6.71. The third-order valence-electron chi connectivity index (χ3n) is 4.93. The highest BCUT2D eigenvalue weighted by Crippen LogP contribution is 2.41. The number of benzene rings is 2. The minimum Gasteiger partial charge on any atom is -0.494 e. The molecule has 1 heterocycles. The number of aliphatic carboxylic acids is 1. The van der Waals surface area contributed by atoms with Crippen LogP contribution in [-0.4, -0.2) is 35.7 Å². The molecule has 27 heavy (non-hydrogen) atoms. The van der Waals surface area contributed by atoms with Crippen molar-refractivity contribution in [3.63, 3.8) is 0 Å². The predicted octanol–water partition coefficient (Wildman–Crippen LogP) is 5.50. The van der Waals surface area contributed by atoms with Crippen LogP contribution >= 0.6 is 31.9 Å². The fraction of sp³-hybridized carbons (Fsp3) is 0.381. The largest absolute Gasteiger partial charge is 0.494 e. The molecule has 0 spiro atoms. The summed E-state index contributed by atoms with van der Waals surface area (Å²) in [7, 11) is 0. The summed E-state index contributed by atoms with van der Waals surface area (Å²) < 4.78 is 7.91. The van der Waals surface area contributed by atoms with Gasteiger partial charge in [-0.05, 0) is 56.1 Å². The van der Waals surface area contributed by atoms with E-state index in [2.05, 4.69) is 48.9 Å². The van der Waals surface area contributed by atoms with E-state index in [1.807, 2.05) is 37.3 Å². The van der Waals surface area contributed by atoms with Crippen molar-refractivity contribution >= 4 is 37.8 Å². The molecule has 2 aromatic carbocycles. The second-order valence-corrected chi connectivity index (χ2v) is 8.48. The number of hydrogen-bond acceptors (Lipinski definition) is 3. The molecule has 1 aliphatic heterocycles. The van der Waals surface area contributed by atoms with Crippen molar-refractivity contribution in [1.82, 2.24) is 4.90 Å². The quantitative estimate of drug-likeness (QED) is 0.573. The van der Waals surface area contributed by atoms with Gasteiger partial charge in [-0.1, -0.05) is 50.1 Å². The van der Waals surface area contributed by atoms with Crippen LogP contribution in [0.5, 0.6) is 5.75 Å². The molecular weight excluding hydrogens is 474 g/mol. The number of carboxylic acids is 1. The van der Waals surface area contributed by atoms with E-state index in [1.54, 1.807) is 0 Å². The normalized spacial score (nSPS) is 18.9. The Labute approximate surface area is 176 Å².